The number of hydrogen-bond acceptors (Lipinski definition) is 14. The van der Waals surface area contributed by atoms with Crippen molar-refractivity contribution >= 4 is 69.4 Å². The number of fused-ring (bicyclic) bond motifs is 2. The third-order valence-electron chi connectivity index (χ3n) is 11.7. The van der Waals surface area contributed by atoms with Gasteiger partial charge in [0.25, 0.3) is 23.6 Å². The number of nitrogens with one attached hydrogen (secondary N) is 2. The van der Waals surface area contributed by atoms with Gasteiger partial charge in [-0.1, -0.05) is 25.1 Å². The van der Waals surface area contributed by atoms with Crippen molar-refractivity contribution in [3.8, 4) is 5.75 Å². The van der Waals surface area contributed by atoms with Gasteiger partial charge in [0.2, 0.25) is 29.5 Å². The second-order valence-electron chi connectivity index (χ2n) is 16.4. The van der Waals surface area contributed by atoms with Crippen LogP contribution in [0.2, 0.25) is 0 Å². The smallest absolute Gasteiger partial charge is 0.295 e. The van der Waals surface area contributed by atoms with Crippen LogP contribution in [0.1, 0.15) is 87.2 Å². The molecule has 6 aromatic rings. The minimum Gasteiger partial charge on any atom is -0.491 e. The van der Waals surface area contributed by atoms with Crippen molar-refractivity contribution < 1.29 is 43.0 Å². The molecule has 0 saturated carbocycles. The maximum absolute atomic E-state index is 13.8. The Morgan fingerprint density at radius 1 is 0.926 bits per heavy atom. The van der Waals surface area contributed by atoms with Crippen molar-refractivity contribution in [3.05, 3.63) is 101 Å². The maximum Gasteiger partial charge on any atom is 0.295 e. The molecule has 22 nitrogen and oxygen atoms in total. The van der Waals surface area contributed by atoms with Gasteiger partial charge in [-0.3, -0.25) is 49.0 Å². The molecule has 2 aliphatic heterocycles. The van der Waals surface area contributed by atoms with Gasteiger partial charge in [0.05, 0.1) is 34.5 Å². The lowest BCUT2D eigenvalue weighted by Gasteiger charge is -2.39. The summed E-state index contributed by atoms with van der Waals surface area (Å²) in [4.78, 5) is 93.1. The molecular formula is C46H51N13O9. The summed E-state index contributed by atoms with van der Waals surface area (Å²) in [6.07, 6.45) is 5.81. The average Bonchev–Trinajstić information content (AvgIpc) is 4.11. The van der Waals surface area contributed by atoms with Crippen LogP contribution in [0.5, 0.6) is 5.75 Å². The number of oxazole rings is 1. The largest absolute Gasteiger partial charge is 0.491 e. The van der Waals surface area contributed by atoms with E-state index in [9.17, 15) is 33.9 Å². The maximum atomic E-state index is 13.8. The van der Waals surface area contributed by atoms with E-state index in [4.69, 9.17) is 30.6 Å². The van der Waals surface area contributed by atoms with E-state index >= 15 is 0 Å². The summed E-state index contributed by atoms with van der Waals surface area (Å²) in [5.74, 6) is -1.70. The zero-order valence-corrected chi connectivity index (χ0v) is 37.9. The van der Waals surface area contributed by atoms with E-state index in [2.05, 4.69) is 20.7 Å². The second kappa shape index (κ2) is 19.5. The van der Waals surface area contributed by atoms with Gasteiger partial charge in [-0.05, 0) is 68.5 Å². The number of primary amides is 1. The quantitative estimate of drug-likeness (QED) is 0.0443. The molecule has 6 heterocycles. The lowest BCUT2D eigenvalue weighted by Crippen LogP contribution is -2.51. The Balaban J connectivity index is 1.05. The Labute approximate surface area is 388 Å². The van der Waals surface area contributed by atoms with E-state index in [1.165, 1.54) is 24.3 Å². The van der Waals surface area contributed by atoms with E-state index in [-0.39, 0.29) is 73.5 Å². The first-order valence-corrected chi connectivity index (χ1v) is 22.1. The van der Waals surface area contributed by atoms with Crippen molar-refractivity contribution in [2.45, 2.75) is 72.8 Å². The second-order valence-corrected chi connectivity index (χ2v) is 16.4. The van der Waals surface area contributed by atoms with Gasteiger partial charge in [-0.25, -0.2) is 15.0 Å². The molecule has 1 saturated heterocycles. The zero-order valence-electron chi connectivity index (χ0n) is 37.9. The number of aromatic nitrogens is 7. The molecule has 68 heavy (non-hydrogen) atoms. The number of aliphatic hydroxyl groups is 1. The molecule has 8 rings (SSSR count). The molecule has 1 fully saturated rings. The van der Waals surface area contributed by atoms with Gasteiger partial charge < -0.3 is 39.8 Å². The molecule has 354 valence electrons. The third-order valence-corrected chi connectivity index (χ3v) is 11.7. The van der Waals surface area contributed by atoms with E-state index in [1.807, 2.05) is 26.0 Å². The first-order chi connectivity index (χ1) is 32.6. The average molecular weight is 930 g/mol. The minimum atomic E-state index is -1.24. The molecule has 22 heteroatoms. The van der Waals surface area contributed by atoms with Crippen LogP contribution in [0.15, 0.2) is 65.1 Å². The van der Waals surface area contributed by atoms with Gasteiger partial charge in [0, 0.05) is 70.3 Å². The molecule has 4 aromatic heterocycles. The van der Waals surface area contributed by atoms with Gasteiger partial charge in [-0.2, -0.15) is 5.10 Å². The van der Waals surface area contributed by atoms with Crippen molar-refractivity contribution in [2.24, 2.45) is 17.4 Å². The lowest BCUT2D eigenvalue weighted by molar-refractivity contribution is -0.140. The van der Waals surface area contributed by atoms with Crippen LogP contribution >= 0.6 is 0 Å². The number of likely N-dealkylation sites (tertiary alicyclic amines) is 1. The van der Waals surface area contributed by atoms with E-state index in [1.54, 1.807) is 56.8 Å². The number of nitrogens with two attached hydrogens (primary N) is 2. The fraction of sp³-hybridized carbons (Fsp3) is 0.348. The standard InChI is InChI=1S/C46H51N13O9/c1-5-30-40(68-26(4)49-30)44(66)53-46-51-32-21-29(42(48)64)22-35(67-18-14-27-23-55(24-27)36(60)13-17-57-37(61)11-12-38(57)62)39(32)58(46)16-8-7-15-56-33-10-9-28(41(47)63)20-31(33)50-45(56)52-43(65)34-19-25(3)54-59(34)6-2/h7-12,19-22,27,41,63H,5-6,13-18,23-24,47H2,1-4H3,(H2,48,64)(H,50,52,65)(H,51,53,66)/b8-7+. The first kappa shape index (κ1) is 46.5. The molecule has 0 bridgehead atoms. The highest BCUT2D eigenvalue weighted by Crippen LogP contribution is 2.33. The summed E-state index contributed by atoms with van der Waals surface area (Å²) in [7, 11) is 0. The topological polar surface area (TPSA) is 294 Å². The molecule has 0 radical (unpaired) electrons. The van der Waals surface area contributed by atoms with Gasteiger partial charge >= 0.3 is 0 Å². The highest BCUT2D eigenvalue weighted by Gasteiger charge is 2.32. The SMILES string of the molecule is CCc1nc(C)oc1C(=O)Nc1nc2cc(C(N)=O)cc(OCCC3CN(C(=O)CCN4C(=O)C=CC4=O)C3)c2n1C/C=C/Cn1c(NC(=O)c2cc(C)nn2CC)nc2cc(C(N)O)ccc21. The van der Waals surface area contributed by atoms with Crippen LogP contribution in [0.4, 0.5) is 11.9 Å². The van der Waals surface area contributed by atoms with Crippen LogP contribution in [0.3, 0.4) is 0 Å². The van der Waals surface area contributed by atoms with Gasteiger partial charge in [0.15, 0.2) is 5.89 Å². The lowest BCUT2D eigenvalue weighted by atomic mass is 9.96. The fourth-order valence-electron chi connectivity index (χ4n) is 8.22. The van der Waals surface area contributed by atoms with Crippen LogP contribution in [0, 0.1) is 19.8 Å². The molecular weight excluding hydrogens is 879 g/mol. The Morgan fingerprint density at radius 2 is 1.62 bits per heavy atom. The minimum absolute atomic E-state index is 0.0111. The summed E-state index contributed by atoms with van der Waals surface area (Å²) in [6, 6.07) is 9.79. The number of ether oxygens (including phenoxy) is 1. The third kappa shape index (κ3) is 9.62. The number of nitrogens with zero attached hydrogens (tertiary/aromatic N) is 9. The summed E-state index contributed by atoms with van der Waals surface area (Å²) < 4.78 is 17.2. The van der Waals surface area contributed by atoms with Crippen LogP contribution in [0.25, 0.3) is 22.1 Å². The number of carbonyl (C=O) groups is 6. The Kier molecular flexibility index (Phi) is 13.3. The zero-order chi connectivity index (χ0) is 48.4. The number of amides is 6. The fourth-order valence-corrected chi connectivity index (χ4v) is 8.22. The molecule has 7 N–H and O–H groups in total. The van der Waals surface area contributed by atoms with E-state index < -0.39 is 35.8 Å². The van der Waals surface area contributed by atoms with Crippen LogP contribution in [-0.2, 0) is 40.4 Å². The molecule has 6 amide bonds. The number of carbonyl (C=O) groups excluding carboxylic acids is 6. The Morgan fingerprint density at radius 3 is 2.31 bits per heavy atom. The summed E-state index contributed by atoms with van der Waals surface area (Å²) >= 11 is 0. The first-order valence-electron chi connectivity index (χ1n) is 22.1. The molecule has 1 atom stereocenters. The van der Waals surface area contributed by atoms with Crippen molar-refractivity contribution in [1.29, 1.82) is 0 Å². The number of imide groups is 1. The Hall–Kier alpha value is -7.98. The van der Waals surface area contributed by atoms with E-state index in [0.29, 0.717) is 83.1 Å². The molecule has 0 aliphatic carbocycles. The predicted octanol–water partition coefficient (Wildman–Crippen LogP) is 3.12. The van der Waals surface area contributed by atoms with Crippen molar-refractivity contribution in [1.82, 2.24) is 43.7 Å². The predicted molar refractivity (Wildman–Crippen MR) is 246 cm³/mol. The number of anilines is 2. The molecule has 2 aromatic carbocycles. The number of aryl methyl sites for hydroxylation is 4. The van der Waals surface area contributed by atoms with E-state index in [0.717, 1.165) is 4.90 Å². The monoisotopic (exact) mass is 929 g/mol. The van der Waals surface area contributed by atoms with Gasteiger partial charge in [0.1, 0.15) is 23.2 Å². The molecule has 2 aliphatic rings. The van der Waals surface area contributed by atoms with Crippen molar-refractivity contribution in [2.75, 3.05) is 36.9 Å². The number of rotatable bonds is 19. The molecule has 1 unspecified atom stereocenters. The summed E-state index contributed by atoms with van der Waals surface area (Å²) in [6.45, 7) is 9.11. The number of hydrogen-bond donors (Lipinski definition) is 5. The van der Waals surface area contributed by atoms with Crippen LogP contribution in [-0.4, -0.2) is 110 Å². The normalized spacial score (nSPS) is 14.4. The highest BCUT2D eigenvalue weighted by molar-refractivity contribution is 6.13. The molecule has 0 spiro atoms. The highest BCUT2D eigenvalue weighted by atomic mass is 16.5. The number of aliphatic hydroxyl groups excluding tert-OH is 1. The summed E-state index contributed by atoms with van der Waals surface area (Å²) in [5.41, 5.74) is 15.5. The Bertz CT molecular complexity index is 3020. The van der Waals surface area contributed by atoms with Crippen molar-refractivity contribution in [3.63, 3.8) is 0 Å². The number of benzene rings is 2. The number of allylic oxidation sites excluding steroid dienone is 2. The van der Waals surface area contributed by atoms with Gasteiger partial charge in [-0.15, -0.1) is 0 Å². The van der Waals surface area contributed by atoms with Crippen LogP contribution < -0.4 is 26.8 Å². The number of imidazole rings is 2. The summed E-state index contributed by atoms with van der Waals surface area (Å²) in [5, 5.41) is 20.3.